The summed E-state index contributed by atoms with van der Waals surface area (Å²) >= 11 is 0. The molecule has 1 unspecified atom stereocenters. The van der Waals surface area contributed by atoms with Crippen LogP contribution in [0.5, 0.6) is 0 Å². The Hall–Kier alpha value is -1.55. The van der Waals surface area contributed by atoms with Crippen LogP contribution in [0.3, 0.4) is 0 Å². The zero-order valence-corrected chi connectivity index (χ0v) is 12.6. The Balaban J connectivity index is 1.76. The van der Waals surface area contributed by atoms with E-state index in [0.29, 0.717) is 6.04 Å². The van der Waals surface area contributed by atoms with Gasteiger partial charge in [-0.25, -0.2) is 4.98 Å². The number of H-pyrrole nitrogens is 1. The fourth-order valence-electron chi connectivity index (χ4n) is 2.65. The predicted octanol–water partition coefficient (Wildman–Crippen LogP) is 3.02. The molecule has 3 N–H and O–H groups in total. The first kappa shape index (κ1) is 13.4. The number of aromatic amines is 1. The van der Waals surface area contributed by atoms with Crippen molar-refractivity contribution in [1.82, 2.24) is 15.3 Å². The lowest BCUT2D eigenvalue weighted by Crippen LogP contribution is -2.29. The number of nitrogens with zero attached hydrogens (tertiary/aromatic N) is 1. The summed E-state index contributed by atoms with van der Waals surface area (Å²) in [6.45, 7) is 8.67. The van der Waals surface area contributed by atoms with Gasteiger partial charge in [-0.3, -0.25) is 0 Å². The van der Waals surface area contributed by atoms with Crippen molar-refractivity contribution >= 4 is 16.7 Å². The van der Waals surface area contributed by atoms with Crippen LogP contribution in [0.25, 0.3) is 11.0 Å². The number of imidazole rings is 1. The fourth-order valence-corrected chi connectivity index (χ4v) is 2.65. The Bertz CT molecular complexity index is 588. The van der Waals surface area contributed by atoms with Crippen LogP contribution in [0, 0.1) is 0 Å². The van der Waals surface area contributed by atoms with Crippen LogP contribution in [0.2, 0.25) is 0 Å². The van der Waals surface area contributed by atoms with E-state index in [0.717, 1.165) is 35.6 Å². The summed E-state index contributed by atoms with van der Waals surface area (Å²) in [5.74, 6) is 1.04. The van der Waals surface area contributed by atoms with Crippen molar-refractivity contribution in [3.8, 4) is 0 Å². The standard InChI is InChI=1S/C16H24N4/c1-16(2,3)15-19-13-7-6-11(9-14(13)20-15)18-10-12-5-4-8-17-12/h6-7,9,12,17-18H,4-5,8,10H2,1-3H3,(H,19,20). The highest BCUT2D eigenvalue weighted by Crippen LogP contribution is 2.24. The maximum absolute atomic E-state index is 4.67. The zero-order valence-electron chi connectivity index (χ0n) is 12.6. The molecule has 2 aromatic rings. The third-order valence-corrected chi connectivity index (χ3v) is 3.91. The third kappa shape index (κ3) is 2.80. The van der Waals surface area contributed by atoms with Crippen molar-refractivity contribution < 1.29 is 0 Å². The molecule has 1 aromatic heterocycles. The number of anilines is 1. The lowest BCUT2D eigenvalue weighted by atomic mass is 9.96. The SMILES string of the molecule is CC(C)(C)c1nc2ccc(NCC3CCCN3)cc2[nH]1. The summed E-state index contributed by atoms with van der Waals surface area (Å²) in [5.41, 5.74) is 3.37. The molecule has 1 aliphatic heterocycles. The fraction of sp³-hybridized carbons (Fsp3) is 0.562. The van der Waals surface area contributed by atoms with E-state index in [1.54, 1.807) is 0 Å². The van der Waals surface area contributed by atoms with Crippen molar-refractivity contribution in [2.45, 2.75) is 45.1 Å². The van der Waals surface area contributed by atoms with E-state index in [-0.39, 0.29) is 5.41 Å². The number of nitrogens with one attached hydrogen (secondary N) is 3. The van der Waals surface area contributed by atoms with E-state index < -0.39 is 0 Å². The molecule has 0 saturated carbocycles. The van der Waals surface area contributed by atoms with Crippen molar-refractivity contribution in [3.63, 3.8) is 0 Å². The van der Waals surface area contributed by atoms with Crippen LogP contribution in [0.15, 0.2) is 18.2 Å². The maximum atomic E-state index is 4.67. The smallest absolute Gasteiger partial charge is 0.112 e. The summed E-state index contributed by atoms with van der Waals surface area (Å²) in [7, 11) is 0. The van der Waals surface area contributed by atoms with E-state index in [4.69, 9.17) is 0 Å². The first-order valence-electron chi connectivity index (χ1n) is 7.50. The minimum Gasteiger partial charge on any atom is -0.383 e. The quantitative estimate of drug-likeness (QED) is 0.805. The molecule has 3 rings (SSSR count). The molecule has 0 aliphatic carbocycles. The molecule has 1 saturated heterocycles. The van der Waals surface area contributed by atoms with Gasteiger partial charge < -0.3 is 15.6 Å². The summed E-state index contributed by atoms with van der Waals surface area (Å²) in [6.07, 6.45) is 2.56. The molecule has 0 bridgehead atoms. The van der Waals surface area contributed by atoms with Crippen LogP contribution in [0.1, 0.15) is 39.4 Å². The van der Waals surface area contributed by atoms with Crippen LogP contribution in [-0.4, -0.2) is 29.1 Å². The van der Waals surface area contributed by atoms with Gasteiger partial charge in [0.1, 0.15) is 5.82 Å². The number of benzene rings is 1. The normalized spacial score (nSPS) is 19.6. The Morgan fingerprint density at radius 2 is 2.20 bits per heavy atom. The van der Waals surface area contributed by atoms with Gasteiger partial charge in [-0.05, 0) is 37.6 Å². The molecule has 1 aliphatic rings. The molecule has 108 valence electrons. The van der Waals surface area contributed by atoms with Crippen molar-refractivity contribution in [3.05, 3.63) is 24.0 Å². The first-order chi connectivity index (χ1) is 9.52. The van der Waals surface area contributed by atoms with Crippen LogP contribution < -0.4 is 10.6 Å². The topological polar surface area (TPSA) is 52.7 Å². The molecule has 2 heterocycles. The lowest BCUT2D eigenvalue weighted by Gasteiger charge is -2.13. The van der Waals surface area contributed by atoms with Crippen molar-refractivity contribution in [2.75, 3.05) is 18.4 Å². The largest absolute Gasteiger partial charge is 0.383 e. The maximum Gasteiger partial charge on any atom is 0.112 e. The summed E-state index contributed by atoms with van der Waals surface area (Å²) in [6, 6.07) is 6.97. The Kier molecular flexibility index (Phi) is 3.42. The minimum atomic E-state index is 0.0559. The van der Waals surface area contributed by atoms with Crippen molar-refractivity contribution in [1.29, 1.82) is 0 Å². The Labute approximate surface area is 120 Å². The lowest BCUT2D eigenvalue weighted by molar-refractivity contribution is 0.554. The average Bonchev–Trinajstić information content (AvgIpc) is 3.04. The molecule has 4 heteroatoms. The predicted molar refractivity (Wildman–Crippen MR) is 84.3 cm³/mol. The van der Waals surface area contributed by atoms with E-state index in [9.17, 15) is 0 Å². The van der Waals surface area contributed by atoms with Gasteiger partial charge in [0.05, 0.1) is 11.0 Å². The highest BCUT2D eigenvalue weighted by molar-refractivity contribution is 5.79. The monoisotopic (exact) mass is 272 g/mol. The molecule has 4 nitrogen and oxygen atoms in total. The van der Waals surface area contributed by atoms with Gasteiger partial charge in [0.25, 0.3) is 0 Å². The van der Waals surface area contributed by atoms with Gasteiger partial charge >= 0.3 is 0 Å². The zero-order chi connectivity index (χ0) is 14.2. The molecule has 0 amide bonds. The summed E-state index contributed by atoms with van der Waals surface area (Å²) in [5, 5.41) is 7.02. The second kappa shape index (κ2) is 5.09. The van der Waals surface area contributed by atoms with Gasteiger partial charge in [0.15, 0.2) is 0 Å². The second-order valence-electron chi connectivity index (χ2n) is 6.74. The highest BCUT2D eigenvalue weighted by atomic mass is 15.0. The van der Waals surface area contributed by atoms with E-state index >= 15 is 0 Å². The van der Waals surface area contributed by atoms with Gasteiger partial charge in [0.2, 0.25) is 0 Å². The van der Waals surface area contributed by atoms with Gasteiger partial charge in [0, 0.05) is 23.7 Å². The molecular formula is C16H24N4. The molecule has 1 atom stereocenters. The molecule has 1 fully saturated rings. The first-order valence-corrected chi connectivity index (χ1v) is 7.50. The third-order valence-electron chi connectivity index (χ3n) is 3.91. The van der Waals surface area contributed by atoms with Gasteiger partial charge in [-0.15, -0.1) is 0 Å². The number of fused-ring (bicyclic) bond motifs is 1. The van der Waals surface area contributed by atoms with Crippen LogP contribution >= 0.6 is 0 Å². The van der Waals surface area contributed by atoms with Gasteiger partial charge in [-0.1, -0.05) is 20.8 Å². The van der Waals surface area contributed by atoms with Crippen LogP contribution in [-0.2, 0) is 5.41 Å². The minimum absolute atomic E-state index is 0.0559. The molecular weight excluding hydrogens is 248 g/mol. The average molecular weight is 272 g/mol. The van der Waals surface area contributed by atoms with E-state index in [2.05, 4.69) is 59.6 Å². The summed E-state index contributed by atoms with van der Waals surface area (Å²) in [4.78, 5) is 8.10. The molecule has 20 heavy (non-hydrogen) atoms. The Morgan fingerprint density at radius 3 is 2.90 bits per heavy atom. The number of hydrogen-bond acceptors (Lipinski definition) is 3. The number of rotatable bonds is 3. The molecule has 0 radical (unpaired) electrons. The van der Waals surface area contributed by atoms with E-state index in [1.165, 1.54) is 12.8 Å². The summed E-state index contributed by atoms with van der Waals surface area (Å²) < 4.78 is 0. The van der Waals surface area contributed by atoms with Gasteiger partial charge in [-0.2, -0.15) is 0 Å². The second-order valence-corrected chi connectivity index (χ2v) is 6.74. The highest BCUT2D eigenvalue weighted by Gasteiger charge is 2.18. The van der Waals surface area contributed by atoms with Crippen molar-refractivity contribution in [2.24, 2.45) is 0 Å². The number of aromatic nitrogens is 2. The molecule has 1 aromatic carbocycles. The van der Waals surface area contributed by atoms with Crippen LogP contribution in [0.4, 0.5) is 5.69 Å². The van der Waals surface area contributed by atoms with E-state index in [1.807, 2.05) is 0 Å². The number of hydrogen-bond donors (Lipinski definition) is 3. The molecule has 0 spiro atoms. The Morgan fingerprint density at radius 1 is 1.35 bits per heavy atom.